The van der Waals surface area contributed by atoms with E-state index in [1.165, 1.54) is 11.8 Å². The molecular weight excluding hydrogens is 1090 g/mol. The number of hydrogen-bond acceptors (Lipinski definition) is 13. The topological polar surface area (TPSA) is 341 Å². The molecule has 0 saturated carbocycles. The number of unbranched alkanes of at least 4 members (excludes halogenated alkanes) is 2. The third kappa shape index (κ3) is 22.2. The molecule has 22 nitrogen and oxygen atoms in total. The van der Waals surface area contributed by atoms with Gasteiger partial charge in [-0.3, -0.25) is 38.4 Å². The van der Waals surface area contributed by atoms with Gasteiger partial charge in [-0.2, -0.15) is 0 Å². The Morgan fingerprint density at radius 3 is 1.95 bits per heavy atom. The van der Waals surface area contributed by atoms with E-state index in [0.29, 0.717) is 36.8 Å². The number of carboxylic acids is 2. The molecule has 0 bridgehead atoms. The fraction of sp³-hybridized carbons (Fsp3) is 0.587. The molecule has 0 radical (unpaired) electrons. The number of Topliss-reactive ketones (excluding diaryl/α,β-unsaturated/α-hetero) is 2. The summed E-state index contributed by atoms with van der Waals surface area (Å²) in [5, 5.41) is 35.0. The van der Waals surface area contributed by atoms with Gasteiger partial charge in [0.15, 0.2) is 5.78 Å². The average Bonchev–Trinajstić information content (AvgIpc) is 1.92. The number of nitrogens with one attached hydrogen (secondary N) is 5. The van der Waals surface area contributed by atoms with Gasteiger partial charge in [0, 0.05) is 74.4 Å². The number of carbonyl (C=O) groups is 10. The number of para-hydroxylation sites is 1. The van der Waals surface area contributed by atoms with E-state index >= 15 is 0 Å². The molecule has 0 fully saturated rings. The lowest BCUT2D eigenvalue weighted by molar-refractivity contribution is -0.145. The van der Waals surface area contributed by atoms with Crippen LogP contribution >= 0.6 is 0 Å². The first-order chi connectivity index (χ1) is 39.7. The molecule has 3 rings (SSSR count). The van der Waals surface area contributed by atoms with Crippen molar-refractivity contribution >= 4 is 70.0 Å². The molecular formula is C63H95N9O13. The van der Waals surface area contributed by atoms with Crippen LogP contribution in [0.3, 0.4) is 0 Å². The number of carbonyl (C=O) groups excluding carboxylic acids is 8. The first-order valence-electron chi connectivity index (χ1n) is 29.3. The van der Waals surface area contributed by atoms with Crippen molar-refractivity contribution in [1.82, 2.24) is 36.1 Å². The minimum absolute atomic E-state index is 0.00787. The Morgan fingerprint density at radius 2 is 1.38 bits per heavy atom. The van der Waals surface area contributed by atoms with Crippen LogP contribution in [0.1, 0.15) is 150 Å². The lowest BCUT2D eigenvalue weighted by Gasteiger charge is -2.39. The molecule has 1 heterocycles. The first-order valence-corrected chi connectivity index (χ1v) is 29.3. The number of fused-ring (bicyclic) bond motifs is 1. The SMILES string of the molecule is CN[C@H](C(=O)N[C@H](C(=O)N(C)[C@H](/C=C(\C)C(=O)N[C@H](CCC(=O)C[C@H](CCCCCC(=O)OCc1ccc(CC(=O)[C@H](CCCNC(N)=O)NC(=O)[C@@H](N)C(C)C)cc1)C(=O)O)C(=O)O)C(C)C)C(C)(C)C)C(C)(C)c1cn(C)c2ccccc12. The van der Waals surface area contributed by atoms with Crippen LogP contribution in [0.25, 0.3) is 10.9 Å². The normalized spacial score (nSPS) is 14.5. The van der Waals surface area contributed by atoms with Gasteiger partial charge >= 0.3 is 23.9 Å². The molecule has 85 heavy (non-hydrogen) atoms. The van der Waals surface area contributed by atoms with Crippen molar-refractivity contribution in [3.63, 3.8) is 0 Å². The molecule has 0 spiro atoms. The van der Waals surface area contributed by atoms with Crippen molar-refractivity contribution in [1.29, 1.82) is 0 Å². The number of nitrogens with zero attached hydrogens (tertiary/aromatic N) is 2. The van der Waals surface area contributed by atoms with Crippen molar-refractivity contribution in [3.8, 4) is 0 Å². The number of primary amides is 1. The number of benzene rings is 2. The van der Waals surface area contributed by atoms with E-state index in [4.69, 9.17) is 16.2 Å². The van der Waals surface area contributed by atoms with E-state index in [9.17, 15) is 58.2 Å². The summed E-state index contributed by atoms with van der Waals surface area (Å²) in [6.45, 7) is 18.5. The molecule has 0 aliphatic rings. The predicted molar refractivity (Wildman–Crippen MR) is 324 cm³/mol. The van der Waals surface area contributed by atoms with Crippen LogP contribution in [-0.2, 0) is 73.4 Å². The maximum Gasteiger partial charge on any atom is 0.326 e. The minimum atomic E-state index is -1.49. The Labute approximate surface area is 500 Å². The van der Waals surface area contributed by atoms with E-state index in [1.54, 1.807) is 58.3 Å². The Bertz CT molecular complexity index is 2830. The highest BCUT2D eigenvalue weighted by Crippen LogP contribution is 2.35. The van der Waals surface area contributed by atoms with Crippen LogP contribution in [0.15, 0.2) is 66.4 Å². The zero-order valence-corrected chi connectivity index (χ0v) is 52.1. The van der Waals surface area contributed by atoms with Crippen LogP contribution in [0, 0.1) is 23.2 Å². The standard InChI is InChI=1S/C63H95N9O13/c1-37(2)49(72(13)58(79)54(62(6,7)8)70-57(78)53(66-11)63(9,10)45-35-71(12)48-23-18-17-21-44(45)48)32-39(5)55(76)69-47(60(82)83)30-29-43(73)34-42(59(80)81)20-15-14-16-24-51(75)85-36-41-27-25-40(26-28-41)33-50(74)46(22-19-31-67-61(65)84)68-56(77)52(64)38(3)4/h17-18,21,23,25-28,32,35,37-38,42,46-47,49,52-54,66H,14-16,19-20,22,24,29-31,33-34,36,64H2,1-13H3,(H,68,77)(H,69,76)(H,70,78)(H,80,81)(H,82,83)(H3,65,67,84)/b39-32+/t42-,46-,47+,49+,52-,53+,54+/m0/s1. The summed E-state index contributed by atoms with van der Waals surface area (Å²) in [4.78, 5) is 131. The van der Waals surface area contributed by atoms with Gasteiger partial charge in [-0.25, -0.2) is 9.59 Å². The highest BCUT2D eigenvalue weighted by atomic mass is 16.5. The molecule has 0 aliphatic carbocycles. The number of ketones is 2. The molecule has 7 atom stereocenters. The third-order valence-corrected chi connectivity index (χ3v) is 15.6. The summed E-state index contributed by atoms with van der Waals surface area (Å²) < 4.78 is 7.45. The number of hydrogen-bond donors (Lipinski definition) is 9. The quantitative estimate of drug-likeness (QED) is 0.0191. The monoisotopic (exact) mass is 1190 g/mol. The van der Waals surface area contributed by atoms with E-state index < -0.39 is 100 Å². The van der Waals surface area contributed by atoms with Crippen LogP contribution in [0.4, 0.5) is 4.79 Å². The number of aromatic nitrogens is 1. The lowest BCUT2D eigenvalue weighted by Crippen LogP contribution is -2.61. The van der Waals surface area contributed by atoms with Gasteiger partial charge in [-0.15, -0.1) is 0 Å². The maximum absolute atomic E-state index is 14.5. The summed E-state index contributed by atoms with van der Waals surface area (Å²) in [6.07, 6.45) is 4.74. The van der Waals surface area contributed by atoms with Gasteiger partial charge in [0.2, 0.25) is 23.6 Å². The number of nitrogens with two attached hydrogens (primary N) is 2. The number of aryl methyl sites for hydroxylation is 1. The van der Waals surface area contributed by atoms with Crippen LogP contribution in [0.5, 0.6) is 0 Å². The third-order valence-electron chi connectivity index (χ3n) is 15.6. The number of esters is 1. The van der Waals surface area contributed by atoms with Gasteiger partial charge in [0.25, 0.3) is 0 Å². The summed E-state index contributed by atoms with van der Waals surface area (Å²) >= 11 is 0. The molecule has 0 unspecified atom stereocenters. The van der Waals surface area contributed by atoms with E-state index in [2.05, 4.69) is 26.6 Å². The summed E-state index contributed by atoms with van der Waals surface area (Å²) in [6, 6.07) is 8.60. The summed E-state index contributed by atoms with van der Waals surface area (Å²) in [5.41, 5.74) is 13.1. The Balaban J connectivity index is 1.51. The van der Waals surface area contributed by atoms with Crippen LogP contribution in [-0.4, -0.2) is 136 Å². The molecule has 3 aromatic rings. The maximum atomic E-state index is 14.5. The Kier molecular flexibility index (Phi) is 28.1. The largest absolute Gasteiger partial charge is 0.481 e. The molecule has 22 heteroatoms. The number of amides is 6. The number of urea groups is 1. The first kappa shape index (κ1) is 71.8. The van der Waals surface area contributed by atoms with Gasteiger partial charge in [0.1, 0.15) is 24.5 Å². The average molecular weight is 1190 g/mol. The number of rotatable bonds is 36. The van der Waals surface area contributed by atoms with Gasteiger partial charge < -0.3 is 62.5 Å². The zero-order chi connectivity index (χ0) is 64.1. The second-order valence-corrected chi connectivity index (χ2v) is 24.6. The molecule has 6 amide bonds. The van der Waals surface area contributed by atoms with Crippen LogP contribution < -0.4 is 38.1 Å². The number of likely N-dealkylation sites (N-methyl/N-ethyl adjacent to an activating group) is 2. The van der Waals surface area contributed by atoms with E-state index in [1.807, 2.05) is 90.5 Å². The van der Waals surface area contributed by atoms with E-state index in [0.717, 1.165) is 16.5 Å². The fourth-order valence-electron chi connectivity index (χ4n) is 10.2. The zero-order valence-electron chi connectivity index (χ0n) is 52.1. The van der Waals surface area contributed by atoms with Gasteiger partial charge in [-0.1, -0.05) is 124 Å². The van der Waals surface area contributed by atoms with Gasteiger partial charge in [-0.05, 0) is 86.1 Å². The van der Waals surface area contributed by atoms with Crippen molar-refractivity contribution in [2.24, 2.45) is 41.7 Å². The highest BCUT2D eigenvalue weighted by Gasteiger charge is 2.43. The second kappa shape index (κ2) is 33.3. The number of ether oxygens (including phenoxy) is 1. The number of aliphatic carboxylic acids is 2. The molecule has 0 saturated heterocycles. The highest BCUT2D eigenvalue weighted by molar-refractivity contribution is 5.97. The van der Waals surface area contributed by atoms with Crippen molar-refractivity contribution in [2.45, 2.75) is 188 Å². The fourth-order valence-corrected chi connectivity index (χ4v) is 10.2. The van der Waals surface area contributed by atoms with E-state index in [-0.39, 0.29) is 87.2 Å². The smallest absolute Gasteiger partial charge is 0.326 e. The molecule has 1 aromatic heterocycles. The second-order valence-electron chi connectivity index (χ2n) is 24.6. The Hall–Kier alpha value is -7.46. The van der Waals surface area contributed by atoms with Crippen molar-refractivity contribution in [2.75, 3.05) is 20.6 Å². The molecule has 2 aromatic carbocycles. The Morgan fingerprint density at radius 1 is 0.741 bits per heavy atom. The van der Waals surface area contributed by atoms with Crippen molar-refractivity contribution in [3.05, 3.63) is 83.1 Å². The molecule has 470 valence electrons. The van der Waals surface area contributed by atoms with Crippen LogP contribution in [0.2, 0.25) is 0 Å². The lowest BCUT2D eigenvalue weighted by atomic mass is 9.76. The number of carboxylic acid groups (broad SMARTS) is 2. The van der Waals surface area contributed by atoms with Gasteiger partial charge in [0.05, 0.1) is 30.1 Å². The van der Waals surface area contributed by atoms with Crippen molar-refractivity contribution < 1.29 is 62.9 Å². The summed E-state index contributed by atoms with van der Waals surface area (Å²) in [5.74, 6) is -7.19. The molecule has 11 N–H and O–H groups in total. The predicted octanol–water partition coefficient (Wildman–Crippen LogP) is 5.74. The minimum Gasteiger partial charge on any atom is -0.481 e. The molecule has 0 aliphatic heterocycles. The summed E-state index contributed by atoms with van der Waals surface area (Å²) in [7, 11) is 5.25.